The van der Waals surface area contributed by atoms with Crippen molar-refractivity contribution in [3.05, 3.63) is 48.2 Å². The van der Waals surface area contributed by atoms with Gasteiger partial charge in [-0.15, -0.1) is 0 Å². The van der Waals surface area contributed by atoms with E-state index in [2.05, 4.69) is 26.2 Å². The molecule has 0 bridgehead atoms. The Morgan fingerprint density at radius 3 is 2.55 bits per heavy atom. The average molecular weight is 467 g/mol. The zero-order valence-electron chi connectivity index (χ0n) is 18.7. The number of rotatable bonds is 5. The Bertz CT molecular complexity index is 1180. The van der Waals surface area contributed by atoms with Crippen molar-refractivity contribution in [2.24, 2.45) is 0 Å². The zero-order chi connectivity index (χ0) is 22.8. The highest BCUT2D eigenvalue weighted by atomic mass is 32.1. The molecule has 3 aromatic rings. The number of methoxy groups -OCH3 is 2. The van der Waals surface area contributed by atoms with Crippen molar-refractivity contribution in [3.63, 3.8) is 0 Å². The number of hydrogen-bond donors (Lipinski definition) is 1. The van der Waals surface area contributed by atoms with Gasteiger partial charge in [-0.25, -0.2) is 0 Å². The lowest BCUT2D eigenvalue weighted by molar-refractivity contribution is 0.174. The van der Waals surface area contributed by atoms with E-state index in [4.69, 9.17) is 31.2 Å². The van der Waals surface area contributed by atoms with Crippen molar-refractivity contribution in [1.29, 1.82) is 0 Å². The van der Waals surface area contributed by atoms with Crippen LogP contribution in [0.15, 0.2) is 42.6 Å². The van der Waals surface area contributed by atoms with Crippen LogP contribution in [-0.2, 0) is 6.54 Å². The van der Waals surface area contributed by atoms with E-state index >= 15 is 0 Å². The summed E-state index contributed by atoms with van der Waals surface area (Å²) in [6.45, 7) is 4.32. The van der Waals surface area contributed by atoms with Gasteiger partial charge in [0.1, 0.15) is 0 Å². The minimum Gasteiger partial charge on any atom is -0.493 e. The maximum atomic E-state index is 5.67. The van der Waals surface area contributed by atoms with E-state index < -0.39 is 0 Å². The van der Waals surface area contributed by atoms with Crippen LogP contribution in [0.25, 0.3) is 10.9 Å². The minimum atomic E-state index is 0.280. The summed E-state index contributed by atoms with van der Waals surface area (Å²) < 4.78 is 21.8. The predicted octanol–water partition coefficient (Wildman–Crippen LogP) is 3.18. The maximum Gasteiger partial charge on any atom is 0.231 e. The highest BCUT2D eigenvalue weighted by Gasteiger charge is 2.22. The van der Waals surface area contributed by atoms with Crippen LogP contribution in [0.3, 0.4) is 0 Å². The van der Waals surface area contributed by atoms with Gasteiger partial charge >= 0.3 is 0 Å². The topological polar surface area (TPSA) is 68.3 Å². The Morgan fingerprint density at radius 1 is 1.00 bits per heavy atom. The molecule has 2 aliphatic rings. The Kier molecular flexibility index (Phi) is 5.95. The average Bonchev–Trinajstić information content (AvgIpc) is 3.34. The van der Waals surface area contributed by atoms with Crippen LogP contribution >= 0.6 is 12.2 Å². The van der Waals surface area contributed by atoms with Gasteiger partial charge in [0, 0.05) is 56.1 Å². The van der Waals surface area contributed by atoms with Crippen LogP contribution in [-0.4, -0.2) is 62.2 Å². The van der Waals surface area contributed by atoms with Crippen LogP contribution in [0, 0.1) is 0 Å². The fourth-order valence-electron chi connectivity index (χ4n) is 4.22. The second-order valence-corrected chi connectivity index (χ2v) is 8.26. The standard InChI is InChI=1S/C24H26N4O4S/c1-29-21-12-17-18(13-22(21)30-2)25-6-5-19(17)27-7-9-28(10-8-27)24(33)26-14-16-3-4-20-23(11-16)32-15-31-20/h3-6,11-13H,7-10,14-15H2,1-2H3,(H,26,33). The lowest BCUT2D eigenvalue weighted by atomic mass is 10.1. The third kappa shape index (κ3) is 4.28. The molecule has 0 unspecified atom stereocenters. The molecular formula is C24H26N4O4S. The molecule has 0 saturated carbocycles. The zero-order valence-corrected chi connectivity index (χ0v) is 19.5. The molecular weight excluding hydrogens is 440 g/mol. The first-order chi connectivity index (χ1) is 16.2. The first kappa shape index (κ1) is 21.4. The summed E-state index contributed by atoms with van der Waals surface area (Å²) in [6, 6.07) is 11.9. The second-order valence-electron chi connectivity index (χ2n) is 7.87. The number of nitrogens with zero attached hydrogens (tertiary/aromatic N) is 3. The highest BCUT2D eigenvalue weighted by molar-refractivity contribution is 7.80. The number of hydrogen-bond acceptors (Lipinski definition) is 7. The van der Waals surface area contributed by atoms with Gasteiger partial charge in [0.15, 0.2) is 28.1 Å². The maximum absolute atomic E-state index is 5.67. The summed E-state index contributed by atoms with van der Waals surface area (Å²) >= 11 is 5.67. The Hall–Kier alpha value is -3.46. The van der Waals surface area contributed by atoms with E-state index in [0.29, 0.717) is 18.0 Å². The van der Waals surface area contributed by atoms with Crippen molar-refractivity contribution < 1.29 is 18.9 Å². The van der Waals surface area contributed by atoms with Crippen molar-refractivity contribution in [2.45, 2.75) is 6.54 Å². The van der Waals surface area contributed by atoms with E-state index in [1.54, 1.807) is 14.2 Å². The third-order valence-corrected chi connectivity index (χ3v) is 6.41. The molecule has 0 spiro atoms. The van der Waals surface area contributed by atoms with Crippen LogP contribution in [0.2, 0.25) is 0 Å². The summed E-state index contributed by atoms with van der Waals surface area (Å²) in [7, 11) is 3.28. The van der Waals surface area contributed by atoms with E-state index in [1.807, 2.05) is 36.5 Å². The number of fused-ring (bicyclic) bond motifs is 2. The molecule has 8 nitrogen and oxygen atoms in total. The van der Waals surface area contributed by atoms with Crippen LogP contribution in [0.4, 0.5) is 5.69 Å². The molecule has 1 fully saturated rings. The largest absolute Gasteiger partial charge is 0.493 e. The van der Waals surface area contributed by atoms with Gasteiger partial charge in [-0.2, -0.15) is 0 Å². The van der Waals surface area contributed by atoms with Gasteiger partial charge in [-0.1, -0.05) is 6.07 Å². The monoisotopic (exact) mass is 466 g/mol. The van der Waals surface area contributed by atoms with Crippen LogP contribution in [0.5, 0.6) is 23.0 Å². The molecule has 0 amide bonds. The van der Waals surface area contributed by atoms with Gasteiger partial charge < -0.3 is 34.1 Å². The smallest absolute Gasteiger partial charge is 0.231 e. The first-order valence-corrected chi connectivity index (χ1v) is 11.2. The summed E-state index contributed by atoms with van der Waals surface area (Å²) in [5, 5.41) is 5.18. The van der Waals surface area contributed by atoms with Crippen LogP contribution in [0.1, 0.15) is 5.56 Å². The Balaban J connectivity index is 1.22. The molecule has 1 N–H and O–H groups in total. The highest BCUT2D eigenvalue weighted by Crippen LogP contribution is 2.36. The second kappa shape index (κ2) is 9.19. The van der Waals surface area contributed by atoms with E-state index in [-0.39, 0.29) is 6.79 Å². The third-order valence-electron chi connectivity index (χ3n) is 6.01. The molecule has 33 heavy (non-hydrogen) atoms. The molecule has 3 heterocycles. The molecule has 5 rings (SSSR count). The van der Waals surface area contributed by atoms with E-state index in [0.717, 1.165) is 64.9 Å². The first-order valence-electron chi connectivity index (χ1n) is 10.8. The molecule has 1 aromatic heterocycles. The number of pyridine rings is 1. The summed E-state index contributed by atoms with van der Waals surface area (Å²) in [4.78, 5) is 9.10. The molecule has 172 valence electrons. The lowest BCUT2D eigenvalue weighted by Gasteiger charge is -2.37. The number of nitrogens with one attached hydrogen (secondary N) is 1. The fourth-order valence-corrected chi connectivity index (χ4v) is 4.48. The molecule has 2 aromatic carbocycles. The number of thiocarbonyl (C=S) groups is 1. The lowest BCUT2D eigenvalue weighted by Crippen LogP contribution is -2.51. The van der Waals surface area contributed by atoms with Gasteiger partial charge in [0.25, 0.3) is 0 Å². The molecule has 0 aliphatic carbocycles. The van der Waals surface area contributed by atoms with Gasteiger partial charge in [0.05, 0.1) is 19.7 Å². The number of aromatic nitrogens is 1. The number of benzene rings is 2. The van der Waals surface area contributed by atoms with Crippen molar-refractivity contribution in [2.75, 3.05) is 52.1 Å². The Morgan fingerprint density at radius 2 is 1.76 bits per heavy atom. The summed E-state index contributed by atoms with van der Waals surface area (Å²) in [6.07, 6.45) is 1.84. The number of piperazine rings is 1. The van der Waals surface area contributed by atoms with E-state index in [9.17, 15) is 0 Å². The molecule has 0 atom stereocenters. The van der Waals surface area contributed by atoms with Gasteiger partial charge in [-0.05, 0) is 42.0 Å². The van der Waals surface area contributed by atoms with E-state index in [1.165, 1.54) is 0 Å². The minimum absolute atomic E-state index is 0.280. The van der Waals surface area contributed by atoms with Gasteiger partial charge in [0.2, 0.25) is 6.79 Å². The Labute approximate surface area is 198 Å². The fraction of sp³-hybridized carbons (Fsp3) is 0.333. The SMILES string of the molecule is COc1cc2nccc(N3CCN(C(=S)NCc4ccc5c(c4)OCO5)CC3)c2cc1OC. The number of anilines is 1. The van der Waals surface area contributed by atoms with Crippen molar-refractivity contribution >= 4 is 33.9 Å². The molecule has 2 aliphatic heterocycles. The van der Waals surface area contributed by atoms with Crippen molar-refractivity contribution in [1.82, 2.24) is 15.2 Å². The quantitative estimate of drug-likeness (QED) is 0.571. The van der Waals surface area contributed by atoms with Gasteiger partial charge in [-0.3, -0.25) is 4.98 Å². The molecule has 9 heteroatoms. The summed E-state index contributed by atoms with van der Waals surface area (Å²) in [5.41, 5.74) is 3.13. The summed E-state index contributed by atoms with van der Waals surface area (Å²) in [5.74, 6) is 2.95. The number of ether oxygens (including phenoxy) is 4. The predicted molar refractivity (Wildman–Crippen MR) is 131 cm³/mol. The van der Waals surface area contributed by atoms with Crippen LogP contribution < -0.4 is 29.2 Å². The molecule has 1 saturated heterocycles. The molecule has 0 radical (unpaired) electrons. The normalized spacial score (nSPS) is 15.0. The van der Waals surface area contributed by atoms with Crippen molar-refractivity contribution in [3.8, 4) is 23.0 Å².